The lowest BCUT2D eigenvalue weighted by atomic mass is 10.0. The molecule has 0 saturated heterocycles. The van der Waals surface area contributed by atoms with Crippen molar-refractivity contribution < 1.29 is 23.6 Å². The normalized spacial score (nSPS) is 12.4. The van der Waals surface area contributed by atoms with Gasteiger partial charge in [-0.2, -0.15) is 0 Å². The van der Waals surface area contributed by atoms with E-state index in [0.29, 0.717) is 61.0 Å². The summed E-state index contributed by atoms with van der Waals surface area (Å²) in [6.07, 6.45) is 2.69. The van der Waals surface area contributed by atoms with Gasteiger partial charge in [0.15, 0.2) is 0 Å². The zero-order valence-corrected chi connectivity index (χ0v) is 22.9. The van der Waals surface area contributed by atoms with Gasteiger partial charge in [0.2, 0.25) is 0 Å². The Morgan fingerprint density at radius 2 is 1.82 bits per heavy atom. The van der Waals surface area contributed by atoms with E-state index in [4.69, 9.17) is 48.8 Å². The van der Waals surface area contributed by atoms with Gasteiger partial charge in [-0.25, -0.2) is 4.79 Å². The Balaban J connectivity index is 1.38. The number of halogens is 3. The van der Waals surface area contributed by atoms with E-state index in [1.54, 1.807) is 48.5 Å². The number of aromatic nitrogens is 1. The Kier molecular flexibility index (Phi) is 7.94. The number of aldehydes is 1. The molecule has 1 aliphatic rings. The summed E-state index contributed by atoms with van der Waals surface area (Å²) in [6, 6.07) is 15.0. The maximum Gasteiger partial charge on any atom is 0.337 e. The van der Waals surface area contributed by atoms with Gasteiger partial charge < -0.3 is 14.0 Å². The van der Waals surface area contributed by atoms with E-state index in [0.717, 1.165) is 24.2 Å². The third-order valence-corrected chi connectivity index (χ3v) is 7.09. The first-order valence-electron chi connectivity index (χ1n) is 11.9. The highest BCUT2D eigenvalue weighted by Gasteiger charge is 2.33. The van der Waals surface area contributed by atoms with Crippen LogP contribution < -0.4 is 4.74 Å². The number of carbonyl (C=O) groups excluding carboxylic acids is 2. The molecule has 3 aromatic carbocycles. The average molecular weight is 581 g/mol. The third kappa shape index (κ3) is 5.97. The molecule has 0 amide bonds. The SMILES string of the molecule is COC(=O)c1cc(C#Cc2ccc(OCc3c(-c4c(Cl)cccc4Cl)noc3C3CC3)cc2Cl)cc(C=O)c1. The summed E-state index contributed by atoms with van der Waals surface area (Å²) in [5, 5.41) is 5.61. The molecule has 5 rings (SSSR count). The second-order valence-corrected chi connectivity index (χ2v) is 10.1. The fraction of sp³-hybridized carbons (Fsp3) is 0.167. The highest BCUT2D eigenvalue weighted by atomic mass is 35.5. The minimum atomic E-state index is -0.557. The molecule has 0 aliphatic heterocycles. The van der Waals surface area contributed by atoms with Crippen LogP contribution in [0.25, 0.3) is 11.3 Å². The molecule has 1 saturated carbocycles. The van der Waals surface area contributed by atoms with Crippen LogP contribution in [0.3, 0.4) is 0 Å². The van der Waals surface area contributed by atoms with Crippen LogP contribution in [-0.2, 0) is 11.3 Å². The Labute approximate surface area is 239 Å². The van der Waals surface area contributed by atoms with Gasteiger partial charge in [0.1, 0.15) is 30.1 Å². The lowest BCUT2D eigenvalue weighted by Crippen LogP contribution is -2.02. The summed E-state index contributed by atoms with van der Waals surface area (Å²) in [7, 11) is 1.27. The number of esters is 1. The van der Waals surface area contributed by atoms with E-state index in [-0.39, 0.29) is 12.2 Å². The molecule has 9 heteroatoms. The number of methoxy groups -OCH3 is 1. The molecule has 0 spiro atoms. The first kappa shape index (κ1) is 26.8. The molecule has 39 heavy (non-hydrogen) atoms. The Bertz CT molecular complexity index is 1630. The Morgan fingerprint density at radius 1 is 1.05 bits per heavy atom. The summed E-state index contributed by atoms with van der Waals surface area (Å²) < 4.78 is 16.5. The Morgan fingerprint density at radius 3 is 2.49 bits per heavy atom. The smallest absolute Gasteiger partial charge is 0.337 e. The van der Waals surface area contributed by atoms with Crippen LogP contribution >= 0.6 is 34.8 Å². The van der Waals surface area contributed by atoms with E-state index < -0.39 is 5.97 Å². The zero-order chi connectivity index (χ0) is 27.5. The molecule has 196 valence electrons. The first-order chi connectivity index (χ1) is 18.9. The van der Waals surface area contributed by atoms with Crippen LogP contribution in [0.15, 0.2) is 59.1 Å². The number of benzene rings is 3. The largest absolute Gasteiger partial charge is 0.489 e. The van der Waals surface area contributed by atoms with Gasteiger partial charge in [-0.1, -0.05) is 57.9 Å². The second kappa shape index (κ2) is 11.5. The molecule has 0 N–H and O–H groups in total. The van der Waals surface area contributed by atoms with Crippen LogP contribution in [-0.4, -0.2) is 24.5 Å². The second-order valence-electron chi connectivity index (χ2n) is 8.88. The molecular weight excluding hydrogens is 561 g/mol. The van der Waals surface area contributed by atoms with Crippen molar-refractivity contribution >= 4 is 47.1 Å². The number of hydrogen-bond donors (Lipinski definition) is 0. The van der Waals surface area contributed by atoms with E-state index in [2.05, 4.69) is 17.0 Å². The molecule has 0 bridgehead atoms. The van der Waals surface area contributed by atoms with Crippen molar-refractivity contribution in [2.24, 2.45) is 0 Å². The molecule has 0 atom stereocenters. The van der Waals surface area contributed by atoms with Crippen LogP contribution in [0, 0.1) is 11.8 Å². The minimum Gasteiger partial charge on any atom is -0.489 e. The predicted molar refractivity (Wildman–Crippen MR) is 149 cm³/mol. The third-order valence-electron chi connectivity index (χ3n) is 6.14. The molecule has 1 heterocycles. The summed E-state index contributed by atoms with van der Waals surface area (Å²) >= 11 is 19.4. The summed E-state index contributed by atoms with van der Waals surface area (Å²) in [4.78, 5) is 23.2. The van der Waals surface area contributed by atoms with Crippen molar-refractivity contribution in [3.8, 4) is 28.8 Å². The van der Waals surface area contributed by atoms with E-state index in [9.17, 15) is 9.59 Å². The topological polar surface area (TPSA) is 78.6 Å². The molecule has 1 aliphatic carbocycles. The van der Waals surface area contributed by atoms with Crippen molar-refractivity contribution in [1.82, 2.24) is 5.16 Å². The van der Waals surface area contributed by atoms with Crippen molar-refractivity contribution in [2.75, 3.05) is 7.11 Å². The first-order valence-corrected chi connectivity index (χ1v) is 13.1. The number of hydrogen-bond acceptors (Lipinski definition) is 6. The summed E-state index contributed by atoms with van der Waals surface area (Å²) in [6.45, 7) is 0.183. The van der Waals surface area contributed by atoms with E-state index >= 15 is 0 Å². The van der Waals surface area contributed by atoms with Gasteiger partial charge in [0.05, 0.1) is 33.3 Å². The maximum absolute atomic E-state index is 11.9. The van der Waals surface area contributed by atoms with Crippen molar-refractivity contribution in [2.45, 2.75) is 25.4 Å². The summed E-state index contributed by atoms with van der Waals surface area (Å²) in [5.41, 5.74) is 3.53. The van der Waals surface area contributed by atoms with Gasteiger partial charge in [-0.05, 0) is 55.3 Å². The zero-order valence-electron chi connectivity index (χ0n) is 20.6. The van der Waals surface area contributed by atoms with Crippen LogP contribution in [0.2, 0.25) is 15.1 Å². The molecule has 1 fully saturated rings. The highest BCUT2D eigenvalue weighted by Crippen LogP contribution is 2.46. The summed E-state index contributed by atoms with van der Waals surface area (Å²) in [5.74, 6) is 6.97. The standard InChI is InChI=1S/C30H20Cl3NO5/c1-37-30(36)21-12-17(11-18(13-21)15-35)5-6-19-9-10-22(14-26(19)33)38-16-23-28(34-39-29(23)20-7-8-20)27-24(31)3-2-4-25(27)32/h2-4,9-15,20H,7-8,16H2,1H3. The minimum absolute atomic E-state index is 0.183. The Hall–Kier alpha value is -3.76. The number of carbonyl (C=O) groups is 2. The number of ether oxygens (including phenoxy) is 2. The van der Waals surface area contributed by atoms with Crippen molar-refractivity contribution in [1.29, 1.82) is 0 Å². The van der Waals surface area contributed by atoms with Gasteiger partial charge in [0, 0.05) is 34.2 Å². The van der Waals surface area contributed by atoms with E-state index in [1.165, 1.54) is 13.2 Å². The number of rotatable bonds is 7. The lowest BCUT2D eigenvalue weighted by Gasteiger charge is -2.10. The van der Waals surface area contributed by atoms with Crippen molar-refractivity contribution in [3.05, 3.63) is 103 Å². The molecule has 0 radical (unpaired) electrons. The maximum atomic E-state index is 11.9. The molecule has 1 aromatic heterocycles. The molecule has 4 aromatic rings. The highest BCUT2D eigenvalue weighted by molar-refractivity contribution is 6.39. The predicted octanol–water partition coefficient (Wildman–Crippen LogP) is 7.76. The number of nitrogens with zero attached hydrogens (tertiary/aromatic N) is 1. The van der Waals surface area contributed by atoms with Gasteiger partial charge >= 0.3 is 5.97 Å². The van der Waals surface area contributed by atoms with Crippen LogP contribution in [0.4, 0.5) is 0 Å². The van der Waals surface area contributed by atoms with E-state index in [1.807, 2.05) is 0 Å². The van der Waals surface area contributed by atoms with Gasteiger partial charge in [-0.3, -0.25) is 4.79 Å². The monoisotopic (exact) mass is 579 g/mol. The molecule has 6 nitrogen and oxygen atoms in total. The van der Waals surface area contributed by atoms with Crippen LogP contribution in [0.1, 0.15) is 61.9 Å². The molecular formula is C30H20Cl3NO5. The van der Waals surface area contributed by atoms with Gasteiger partial charge in [-0.15, -0.1) is 0 Å². The average Bonchev–Trinajstić information content (AvgIpc) is 3.70. The fourth-order valence-corrected chi connectivity index (χ4v) is 4.85. The van der Waals surface area contributed by atoms with Gasteiger partial charge in [0.25, 0.3) is 0 Å². The lowest BCUT2D eigenvalue weighted by molar-refractivity contribution is 0.0600. The molecule has 0 unspecified atom stereocenters. The van der Waals surface area contributed by atoms with Crippen LogP contribution in [0.5, 0.6) is 5.75 Å². The van der Waals surface area contributed by atoms with Crippen molar-refractivity contribution in [3.63, 3.8) is 0 Å². The quantitative estimate of drug-likeness (QED) is 0.126. The fourth-order valence-electron chi connectivity index (χ4n) is 4.06.